The normalized spacial score (nSPS) is 12.7. The lowest BCUT2D eigenvalue weighted by Crippen LogP contribution is -2.07. The molecular formula is C16H15NO3. The number of carbonyl (C=O) groups is 1. The first kappa shape index (κ1) is 12.5. The van der Waals surface area contributed by atoms with E-state index < -0.39 is 5.97 Å². The van der Waals surface area contributed by atoms with Crippen molar-refractivity contribution in [2.24, 2.45) is 0 Å². The Morgan fingerprint density at radius 2 is 2.15 bits per heavy atom. The number of nitrogen functional groups attached to an aromatic ring is 1. The smallest absolute Gasteiger partial charge is 0.340 e. The second kappa shape index (κ2) is 4.89. The molecule has 2 aromatic carbocycles. The second-order valence-electron chi connectivity index (χ2n) is 4.68. The molecule has 0 aliphatic carbocycles. The molecule has 102 valence electrons. The van der Waals surface area contributed by atoms with Crippen LogP contribution < -0.4 is 10.5 Å². The van der Waals surface area contributed by atoms with Gasteiger partial charge in [-0.1, -0.05) is 18.2 Å². The van der Waals surface area contributed by atoms with Crippen LogP contribution in [-0.4, -0.2) is 19.7 Å². The Balaban J connectivity index is 2.15. The molecule has 4 heteroatoms. The Kier molecular flexibility index (Phi) is 3.06. The number of hydrogen-bond acceptors (Lipinski definition) is 4. The van der Waals surface area contributed by atoms with Crippen LogP contribution in [0.25, 0.3) is 11.1 Å². The molecule has 1 aliphatic rings. The van der Waals surface area contributed by atoms with Crippen LogP contribution in [0.5, 0.6) is 5.75 Å². The first-order chi connectivity index (χ1) is 9.70. The van der Waals surface area contributed by atoms with Gasteiger partial charge >= 0.3 is 5.97 Å². The maximum absolute atomic E-state index is 11.9. The molecule has 1 heterocycles. The zero-order valence-electron chi connectivity index (χ0n) is 11.2. The number of esters is 1. The average Bonchev–Trinajstić information content (AvgIpc) is 2.93. The summed E-state index contributed by atoms with van der Waals surface area (Å²) in [6.07, 6.45) is 0.888. The van der Waals surface area contributed by atoms with Crippen LogP contribution in [0.1, 0.15) is 15.9 Å². The van der Waals surface area contributed by atoms with Gasteiger partial charge in [0.1, 0.15) is 5.75 Å². The second-order valence-corrected chi connectivity index (χ2v) is 4.68. The number of carbonyl (C=O) groups excluding carboxylic acids is 1. The van der Waals surface area contributed by atoms with Crippen molar-refractivity contribution < 1.29 is 14.3 Å². The highest BCUT2D eigenvalue weighted by atomic mass is 16.5. The van der Waals surface area contributed by atoms with E-state index in [2.05, 4.69) is 0 Å². The summed E-state index contributed by atoms with van der Waals surface area (Å²) in [5.41, 5.74) is 9.64. The van der Waals surface area contributed by atoms with Gasteiger partial charge in [-0.2, -0.15) is 0 Å². The minimum absolute atomic E-state index is 0.411. The SMILES string of the molecule is COC(=O)c1c(N)cccc1-c1ccc2c(c1)CCO2. The number of anilines is 1. The van der Waals surface area contributed by atoms with Crippen LogP contribution in [-0.2, 0) is 11.2 Å². The summed E-state index contributed by atoms with van der Waals surface area (Å²) in [4.78, 5) is 11.9. The highest BCUT2D eigenvalue weighted by Crippen LogP contribution is 2.33. The summed E-state index contributed by atoms with van der Waals surface area (Å²) < 4.78 is 10.3. The van der Waals surface area contributed by atoms with Crippen LogP contribution in [0.3, 0.4) is 0 Å². The Morgan fingerprint density at radius 3 is 2.95 bits per heavy atom. The lowest BCUT2D eigenvalue weighted by atomic mass is 9.96. The minimum atomic E-state index is -0.421. The van der Waals surface area contributed by atoms with Crippen molar-refractivity contribution in [2.45, 2.75) is 6.42 Å². The molecule has 20 heavy (non-hydrogen) atoms. The van der Waals surface area contributed by atoms with Gasteiger partial charge in [0.2, 0.25) is 0 Å². The van der Waals surface area contributed by atoms with Gasteiger partial charge in [0.05, 0.1) is 19.3 Å². The van der Waals surface area contributed by atoms with E-state index in [1.807, 2.05) is 30.3 Å². The van der Waals surface area contributed by atoms with Gasteiger partial charge in [0, 0.05) is 12.1 Å². The van der Waals surface area contributed by atoms with E-state index in [9.17, 15) is 4.79 Å². The number of benzene rings is 2. The maximum Gasteiger partial charge on any atom is 0.340 e. The van der Waals surface area contributed by atoms with E-state index in [1.165, 1.54) is 7.11 Å². The minimum Gasteiger partial charge on any atom is -0.493 e. The number of fused-ring (bicyclic) bond motifs is 1. The monoisotopic (exact) mass is 269 g/mol. The van der Waals surface area contributed by atoms with Crippen LogP contribution in [0.15, 0.2) is 36.4 Å². The molecule has 0 spiro atoms. The lowest BCUT2D eigenvalue weighted by Gasteiger charge is -2.11. The highest BCUT2D eigenvalue weighted by molar-refractivity contribution is 6.02. The topological polar surface area (TPSA) is 61.5 Å². The molecule has 3 rings (SSSR count). The van der Waals surface area contributed by atoms with Crippen molar-refractivity contribution in [3.05, 3.63) is 47.5 Å². The molecule has 0 bridgehead atoms. The molecule has 2 N–H and O–H groups in total. The summed E-state index contributed by atoms with van der Waals surface area (Å²) in [7, 11) is 1.36. The van der Waals surface area contributed by atoms with E-state index in [-0.39, 0.29) is 0 Å². The van der Waals surface area contributed by atoms with Crippen LogP contribution in [0, 0.1) is 0 Å². The largest absolute Gasteiger partial charge is 0.493 e. The van der Waals surface area contributed by atoms with Crippen molar-refractivity contribution in [3.63, 3.8) is 0 Å². The molecule has 0 saturated carbocycles. The number of methoxy groups -OCH3 is 1. The maximum atomic E-state index is 11.9. The van der Waals surface area contributed by atoms with E-state index in [0.29, 0.717) is 17.9 Å². The first-order valence-electron chi connectivity index (χ1n) is 6.43. The standard InChI is InChI=1S/C16H15NO3/c1-19-16(18)15-12(3-2-4-13(15)17)10-5-6-14-11(9-10)7-8-20-14/h2-6,9H,7-8,17H2,1H3. The lowest BCUT2D eigenvalue weighted by molar-refractivity contribution is 0.0603. The van der Waals surface area contributed by atoms with Crippen molar-refractivity contribution in [2.75, 3.05) is 19.5 Å². The zero-order chi connectivity index (χ0) is 14.1. The molecule has 4 nitrogen and oxygen atoms in total. The Hall–Kier alpha value is -2.49. The predicted molar refractivity (Wildman–Crippen MR) is 76.8 cm³/mol. The van der Waals surface area contributed by atoms with Crippen molar-refractivity contribution >= 4 is 11.7 Å². The van der Waals surface area contributed by atoms with Crippen molar-refractivity contribution in [1.82, 2.24) is 0 Å². The number of rotatable bonds is 2. The molecule has 0 radical (unpaired) electrons. The van der Waals surface area contributed by atoms with Gasteiger partial charge in [-0.15, -0.1) is 0 Å². The molecule has 0 aromatic heterocycles. The molecule has 0 amide bonds. The average molecular weight is 269 g/mol. The van der Waals surface area contributed by atoms with Gasteiger partial charge in [-0.3, -0.25) is 0 Å². The summed E-state index contributed by atoms with van der Waals surface area (Å²) in [5, 5.41) is 0. The van der Waals surface area contributed by atoms with Crippen LogP contribution >= 0.6 is 0 Å². The van der Waals surface area contributed by atoms with Gasteiger partial charge < -0.3 is 15.2 Å². The van der Waals surface area contributed by atoms with E-state index in [1.54, 1.807) is 6.07 Å². The number of ether oxygens (including phenoxy) is 2. The quantitative estimate of drug-likeness (QED) is 0.672. The zero-order valence-corrected chi connectivity index (χ0v) is 11.2. The number of hydrogen-bond donors (Lipinski definition) is 1. The van der Waals surface area contributed by atoms with Gasteiger partial charge in [0.15, 0.2) is 0 Å². The third-order valence-corrected chi connectivity index (χ3v) is 3.49. The number of nitrogens with two attached hydrogens (primary N) is 1. The summed E-state index contributed by atoms with van der Waals surface area (Å²) in [5.74, 6) is 0.493. The van der Waals surface area contributed by atoms with Gasteiger partial charge in [-0.05, 0) is 34.9 Å². The van der Waals surface area contributed by atoms with Gasteiger partial charge in [0.25, 0.3) is 0 Å². The first-order valence-corrected chi connectivity index (χ1v) is 6.43. The highest BCUT2D eigenvalue weighted by Gasteiger charge is 2.19. The van der Waals surface area contributed by atoms with Crippen molar-refractivity contribution in [3.8, 4) is 16.9 Å². The summed E-state index contributed by atoms with van der Waals surface area (Å²) in [6.45, 7) is 0.708. The molecule has 0 unspecified atom stereocenters. The van der Waals surface area contributed by atoms with E-state index in [4.69, 9.17) is 15.2 Å². The predicted octanol–water partition coefficient (Wildman–Crippen LogP) is 2.66. The Morgan fingerprint density at radius 1 is 1.30 bits per heavy atom. The third-order valence-electron chi connectivity index (χ3n) is 3.49. The molecule has 0 atom stereocenters. The fourth-order valence-corrected chi connectivity index (χ4v) is 2.49. The summed E-state index contributed by atoms with van der Waals surface area (Å²) >= 11 is 0. The fourth-order valence-electron chi connectivity index (χ4n) is 2.49. The Bertz CT molecular complexity index is 679. The van der Waals surface area contributed by atoms with E-state index in [0.717, 1.165) is 28.9 Å². The molecule has 1 aliphatic heterocycles. The molecule has 0 fully saturated rings. The fraction of sp³-hybridized carbons (Fsp3) is 0.188. The van der Waals surface area contributed by atoms with Crippen LogP contribution in [0.4, 0.5) is 5.69 Å². The summed E-state index contributed by atoms with van der Waals surface area (Å²) in [6, 6.07) is 11.3. The van der Waals surface area contributed by atoms with Crippen molar-refractivity contribution in [1.29, 1.82) is 0 Å². The molecule has 2 aromatic rings. The third kappa shape index (κ3) is 1.99. The Labute approximate surface area is 117 Å². The molecule has 0 saturated heterocycles. The molecular weight excluding hydrogens is 254 g/mol. The van der Waals surface area contributed by atoms with E-state index >= 15 is 0 Å². The van der Waals surface area contributed by atoms with Gasteiger partial charge in [-0.25, -0.2) is 4.79 Å². The van der Waals surface area contributed by atoms with Crippen LogP contribution in [0.2, 0.25) is 0 Å².